The zero-order chi connectivity index (χ0) is 14.1. The third-order valence-electron chi connectivity index (χ3n) is 3.29. The summed E-state index contributed by atoms with van der Waals surface area (Å²) in [5.41, 5.74) is 3.06. The third-order valence-corrected chi connectivity index (χ3v) is 3.29. The van der Waals surface area contributed by atoms with Crippen molar-refractivity contribution in [3.05, 3.63) is 48.0 Å². The van der Waals surface area contributed by atoms with E-state index in [0.717, 1.165) is 22.4 Å². The SMILES string of the molecule is CCc1c(C(=O)OC)cnn1-c1ccc2occc2c1. The zero-order valence-corrected chi connectivity index (χ0v) is 11.3. The molecule has 3 aromatic rings. The normalized spacial score (nSPS) is 10.9. The molecule has 0 atom stereocenters. The predicted octanol–water partition coefficient (Wildman–Crippen LogP) is 2.97. The highest BCUT2D eigenvalue weighted by molar-refractivity contribution is 5.90. The maximum absolute atomic E-state index is 11.7. The molecule has 0 aliphatic carbocycles. The Bertz CT molecular complexity index is 770. The Morgan fingerprint density at radius 2 is 2.25 bits per heavy atom. The lowest BCUT2D eigenvalue weighted by atomic mass is 10.2. The number of esters is 1. The van der Waals surface area contributed by atoms with E-state index in [9.17, 15) is 4.79 Å². The van der Waals surface area contributed by atoms with Crippen molar-refractivity contribution >= 4 is 16.9 Å². The maximum Gasteiger partial charge on any atom is 0.341 e. The molecular formula is C15H14N2O3. The number of carbonyl (C=O) groups excluding carboxylic acids is 1. The molecule has 102 valence electrons. The fraction of sp³-hybridized carbons (Fsp3) is 0.200. The van der Waals surface area contributed by atoms with E-state index < -0.39 is 0 Å². The quantitative estimate of drug-likeness (QED) is 0.686. The number of aromatic nitrogens is 2. The third kappa shape index (κ3) is 1.87. The number of carbonyl (C=O) groups is 1. The molecule has 3 rings (SSSR count). The minimum absolute atomic E-state index is 0.363. The largest absolute Gasteiger partial charge is 0.465 e. The van der Waals surface area contributed by atoms with E-state index in [1.165, 1.54) is 7.11 Å². The first-order valence-corrected chi connectivity index (χ1v) is 6.37. The van der Waals surface area contributed by atoms with Crippen LogP contribution in [0.4, 0.5) is 0 Å². The fourth-order valence-corrected chi connectivity index (χ4v) is 2.30. The average molecular weight is 270 g/mol. The molecule has 0 aliphatic rings. The molecule has 0 saturated heterocycles. The number of methoxy groups -OCH3 is 1. The summed E-state index contributed by atoms with van der Waals surface area (Å²) >= 11 is 0. The number of benzene rings is 1. The molecular weight excluding hydrogens is 256 g/mol. The summed E-state index contributed by atoms with van der Waals surface area (Å²) in [6, 6.07) is 7.68. The number of fused-ring (bicyclic) bond motifs is 1. The monoisotopic (exact) mass is 270 g/mol. The van der Waals surface area contributed by atoms with E-state index in [2.05, 4.69) is 5.10 Å². The zero-order valence-electron chi connectivity index (χ0n) is 11.3. The van der Waals surface area contributed by atoms with Crippen LogP contribution in [0.25, 0.3) is 16.7 Å². The van der Waals surface area contributed by atoms with Crippen molar-refractivity contribution < 1.29 is 13.9 Å². The molecule has 20 heavy (non-hydrogen) atoms. The van der Waals surface area contributed by atoms with Gasteiger partial charge in [0.05, 0.1) is 31.0 Å². The molecule has 0 saturated carbocycles. The number of ether oxygens (including phenoxy) is 1. The summed E-state index contributed by atoms with van der Waals surface area (Å²) in [7, 11) is 1.37. The van der Waals surface area contributed by atoms with Crippen molar-refractivity contribution in [2.45, 2.75) is 13.3 Å². The number of hydrogen-bond donors (Lipinski definition) is 0. The van der Waals surface area contributed by atoms with Crippen LogP contribution in [0, 0.1) is 0 Å². The van der Waals surface area contributed by atoms with Gasteiger partial charge in [-0.3, -0.25) is 0 Å². The first-order chi connectivity index (χ1) is 9.74. The molecule has 0 amide bonds. The van der Waals surface area contributed by atoms with Crippen LogP contribution in [0.15, 0.2) is 41.1 Å². The van der Waals surface area contributed by atoms with Gasteiger partial charge in [0.2, 0.25) is 0 Å². The lowest BCUT2D eigenvalue weighted by molar-refractivity contribution is 0.0599. The van der Waals surface area contributed by atoms with Gasteiger partial charge in [-0.05, 0) is 30.7 Å². The number of furan rings is 1. The van der Waals surface area contributed by atoms with Crippen LogP contribution >= 0.6 is 0 Å². The van der Waals surface area contributed by atoms with Gasteiger partial charge in [-0.25, -0.2) is 9.48 Å². The summed E-state index contributed by atoms with van der Waals surface area (Å²) in [5, 5.41) is 5.30. The second-order valence-corrected chi connectivity index (χ2v) is 4.40. The van der Waals surface area contributed by atoms with Crippen molar-refractivity contribution in [1.82, 2.24) is 9.78 Å². The Balaban J connectivity index is 2.13. The molecule has 0 spiro atoms. The van der Waals surface area contributed by atoms with Crippen LogP contribution in [-0.2, 0) is 11.2 Å². The Hall–Kier alpha value is -2.56. The van der Waals surface area contributed by atoms with Gasteiger partial charge in [0.25, 0.3) is 0 Å². The second-order valence-electron chi connectivity index (χ2n) is 4.40. The molecule has 0 N–H and O–H groups in total. The van der Waals surface area contributed by atoms with Crippen molar-refractivity contribution in [3.8, 4) is 5.69 Å². The van der Waals surface area contributed by atoms with Crippen LogP contribution in [0.5, 0.6) is 0 Å². The topological polar surface area (TPSA) is 57.3 Å². The number of rotatable bonds is 3. The van der Waals surface area contributed by atoms with Crippen LogP contribution in [0.3, 0.4) is 0 Å². The first-order valence-electron chi connectivity index (χ1n) is 6.37. The molecule has 5 heteroatoms. The van der Waals surface area contributed by atoms with Gasteiger partial charge in [0.1, 0.15) is 11.1 Å². The Morgan fingerprint density at radius 3 is 3.00 bits per heavy atom. The summed E-state index contributed by atoms with van der Waals surface area (Å²) in [6.07, 6.45) is 3.89. The van der Waals surface area contributed by atoms with Gasteiger partial charge in [-0.2, -0.15) is 5.10 Å². The first kappa shape index (κ1) is 12.5. The van der Waals surface area contributed by atoms with E-state index in [0.29, 0.717) is 12.0 Å². The number of nitrogens with zero attached hydrogens (tertiary/aromatic N) is 2. The summed E-state index contributed by atoms with van der Waals surface area (Å²) in [6.45, 7) is 1.98. The Labute approximate surface area is 115 Å². The average Bonchev–Trinajstić information content (AvgIpc) is 3.11. The van der Waals surface area contributed by atoms with E-state index >= 15 is 0 Å². The molecule has 5 nitrogen and oxygen atoms in total. The smallest absolute Gasteiger partial charge is 0.341 e. The predicted molar refractivity (Wildman–Crippen MR) is 74.1 cm³/mol. The van der Waals surface area contributed by atoms with Gasteiger partial charge in [-0.15, -0.1) is 0 Å². The number of hydrogen-bond acceptors (Lipinski definition) is 4. The molecule has 1 aromatic carbocycles. The van der Waals surface area contributed by atoms with Crippen LogP contribution in [0.1, 0.15) is 23.0 Å². The Kier molecular flexibility index (Phi) is 3.02. The van der Waals surface area contributed by atoms with Crippen molar-refractivity contribution in [2.75, 3.05) is 7.11 Å². The van der Waals surface area contributed by atoms with E-state index in [1.54, 1.807) is 17.1 Å². The summed E-state index contributed by atoms with van der Waals surface area (Å²) < 4.78 is 11.9. The lowest BCUT2D eigenvalue weighted by Crippen LogP contribution is -2.07. The highest BCUT2D eigenvalue weighted by Crippen LogP contribution is 2.22. The van der Waals surface area contributed by atoms with Gasteiger partial charge >= 0.3 is 5.97 Å². The van der Waals surface area contributed by atoms with Crippen molar-refractivity contribution in [3.63, 3.8) is 0 Å². The van der Waals surface area contributed by atoms with E-state index in [4.69, 9.17) is 9.15 Å². The van der Waals surface area contributed by atoms with Gasteiger partial charge < -0.3 is 9.15 Å². The van der Waals surface area contributed by atoms with Gasteiger partial charge in [-0.1, -0.05) is 6.92 Å². The van der Waals surface area contributed by atoms with Crippen LogP contribution in [-0.4, -0.2) is 22.9 Å². The molecule has 2 aromatic heterocycles. The molecule has 0 aliphatic heterocycles. The molecule has 0 bridgehead atoms. The van der Waals surface area contributed by atoms with Crippen LogP contribution in [0.2, 0.25) is 0 Å². The standard InChI is InChI=1S/C15H14N2O3/c1-3-13-12(15(18)19-2)9-16-17(13)11-4-5-14-10(8-11)6-7-20-14/h4-9H,3H2,1-2H3. The molecule has 0 fully saturated rings. The molecule has 2 heterocycles. The molecule has 0 radical (unpaired) electrons. The van der Waals surface area contributed by atoms with E-state index in [1.807, 2.05) is 31.2 Å². The lowest BCUT2D eigenvalue weighted by Gasteiger charge is -2.07. The summed E-state index contributed by atoms with van der Waals surface area (Å²) in [4.78, 5) is 11.7. The van der Waals surface area contributed by atoms with Gasteiger partial charge in [0.15, 0.2) is 0 Å². The minimum atomic E-state index is -0.363. The van der Waals surface area contributed by atoms with Crippen molar-refractivity contribution in [1.29, 1.82) is 0 Å². The highest BCUT2D eigenvalue weighted by Gasteiger charge is 2.17. The second kappa shape index (κ2) is 4.85. The van der Waals surface area contributed by atoms with Gasteiger partial charge in [0, 0.05) is 5.39 Å². The fourth-order valence-electron chi connectivity index (χ4n) is 2.30. The summed E-state index contributed by atoms with van der Waals surface area (Å²) in [5.74, 6) is -0.363. The highest BCUT2D eigenvalue weighted by atomic mass is 16.5. The van der Waals surface area contributed by atoms with E-state index in [-0.39, 0.29) is 5.97 Å². The maximum atomic E-state index is 11.7. The van der Waals surface area contributed by atoms with Crippen LogP contribution < -0.4 is 0 Å². The Morgan fingerprint density at radius 1 is 1.40 bits per heavy atom. The minimum Gasteiger partial charge on any atom is -0.465 e. The molecule has 0 unspecified atom stereocenters. The van der Waals surface area contributed by atoms with Crippen molar-refractivity contribution in [2.24, 2.45) is 0 Å².